The lowest BCUT2D eigenvalue weighted by atomic mass is 10.1. The summed E-state index contributed by atoms with van der Waals surface area (Å²) in [5, 5.41) is 3.32. The van der Waals surface area contributed by atoms with Crippen LogP contribution in [0.15, 0.2) is 48.5 Å². The number of nitrogens with one attached hydrogen (secondary N) is 1. The molecule has 0 saturated carbocycles. The fourth-order valence-electron chi connectivity index (χ4n) is 2.84. The summed E-state index contributed by atoms with van der Waals surface area (Å²) in [7, 11) is 0. The fourth-order valence-corrected chi connectivity index (χ4v) is 3.03. The van der Waals surface area contributed by atoms with Gasteiger partial charge < -0.3 is 10.2 Å². The Morgan fingerprint density at radius 1 is 1.16 bits per heavy atom. The third-order valence-corrected chi connectivity index (χ3v) is 4.39. The van der Waals surface area contributed by atoms with Crippen molar-refractivity contribution in [3.63, 3.8) is 0 Å². The molecule has 3 rings (SSSR count). The number of ketones is 1. The SMILES string of the molecule is CC(=O)c1cccc(N2CC(C(=O)Nc3cccc(Cl)c3)CC2=O)c1. The number of halogens is 1. The Labute approximate surface area is 150 Å². The standard InChI is InChI=1S/C19H17ClN2O3/c1-12(23)13-4-2-7-17(8-13)22-11-14(9-18(22)24)19(25)21-16-6-3-5-15(20)10-16/h2-8,10,14H,9,11H2,1H3,(H,21,25). The number of carbonyl (C=O) groups excluding carboxylic acids is 3. The van der Waals surface area contributed by atoms with Crippen molar-refractivity contribution in [3.8, 4) is 0 Å². The van der Waals surface area contributed by atoms with E-state index in [1.807, 2.05) is 0 Å². The van der Waals surface area contributed by atoms with Crippen LogP contribution in [0, 0.1) is 5.92 Å². The van der Waals surface area contributed by atoms with Crippen LogP contribution in [0.25, 0.3) is 0 Å². The lowest BCUT2D eigenvalue weighted by molar-refractivity contribution is -0.122. The minimum absolute atomic E-state index is 0.0660. The molecule has 1 unspecified atom stereocenters. The van der Waals surface area contributed by atoms with Crippen LogP contribution in [0.5, 0.6) is 0 Å². The number of hydrogen-bond donors (Lipinski definition) is 1. The second kappa shape index (κ2) is 7.07. The van der Waals surface area contributed by atoms with Crippen LogP contribution in [0.1, 0.15) is 23.7 Å². The van der Waals surface area contributed by atoms with Crippen LogP contribution in [0.3, 0.4) is 0 Å². The molecular formula is C19H17ClN2O3. The van der Waals surface area contributed by atoms with Gasteiger partial charge in [0.05, 0.1) is 5.92 Å². The highest BCUT2D eigenvalue weighted by atomic mass is 35.5. The summed E-state index contributed by atoms with van der Waals surface area (Å²) in [5.41, 5.74) is 1.77. The molecule has 2 aromatic rings. The van der Waals surface area contributed by atoms with Gasteiger partial charge in [0.2, 0.25) is 11.8 Å². The summed E-state index contributed by atoms with van der Waals surface area (Å²) in [5.74, 6) is -0.871. The Balaban J connectivity index is 1.72. The van der Waals surface area contributed by atoms with Gasteiger partial charge in [-0.15, -0.1) is 0 Å². The van der Waals surface area contributed by atoms with Gasteiger partial charge in [-0.2, -0.15) is 0 Å². The van der Waals surface area contributed by atoms with Crippen molar-refractivity contribution in [2.75, 3.05) is 16.8 Å². The van der Waals surface area contributed by atoms with E-state index in [2.05, 4.69) is 5.32 Å². The molecule has 25 heavy (non-hydrogen) atoms. The van der Waals surface area contributed by atoms with Gasteiger partial charge in [-0.05, 0) is 37.3 Å². The van der Waals surface area contributed by atoms with E-state index in [-0.39, 0.29) is 30.6 Å². The van der Waals surface area contributed by atoms with E-state index in [0.29, 0.717) is 22.0 Å². The average molecular weight is 357 g/mol. The first-order valence-electron chi connectivity index (χ1n) is 7.92. The predicted molar refractivity (Wildman–Crippen MR) is 97.0 cm³/mol. The number of hydrogen-bond acceptors (Lipinski definition) is 3. The van der Waals surface area contributed by atoms with E-state index >= 15 is 0 Å². The molecule has 0 aromatic heterocycles. The maximum atomic E-state index is 12.4. The molecule has 1 aliphatic heterocycles. The van der Waals surface area contributed by atoms with Gasteiger partial charge in [-0.3, -0.25) is 14.4 Å². The number of benzene rings is 2. The highest BCUT2D eigenvalue weighted by Crippen LogP contribution is 2.27. The van der Waals surface area contributed by atoms with Crippen molar-refractivity contribution >= 4 is 40.6 Å². The lowest BCUT2D eigenvalue weighted by Crippen LogP contribution is -2.28. The van der Waals surface area contributed by atoms with Crippen molar-refractivity contribution < 1.29 is 14.4 Å². The maximum Gasteiger partial charge on any atom is 0.229 e. The van der Waals surface area contributed by atoms with Gasteiger partial charge >= 0.3 is 0 Å². The molecule has 1 saturated heterocycles. The molecule has 1 fully saturated rings. The fraction of sp³-hybridized carbons (Fsp3) is 0.211. The molecule has 0 radical (unpaired) electrons. The molecular weight excluding hydrogens is 340 g/mol. The van der Waals surface area contributed by atoms with E-state index in [4.69, 9.17) is 11.6 Å². The van der Waals surface area contributed by atoms with Gasteiger partial charge in [0.15, 0.2) is 5.78 Å². The third-order valence-electron chi connectivity index (χ3n) is 4.15. The molecule has 1 heterocycles. The molecule has 1 atom stereocenters. The largest absolute Gasteiger partial charge is 0.326 e. The summed E-state index contributed by atoms with van der Waals surface area (Å²) in [6.07, 6.45) is 0.136. The second-order valence-electron chi connectivity index (χ2n) is 6.01. The normalized spacial score (nSPS) is 16.8. The number of rotatable bonds is 4. The number of nitrogens with zero attached hydrogens (tertiary/aromatic N) is 1. The predicted octanol–water partition coefficient (Wildman–Crippen LogP) is 3.53. The number of anilines is 2. The molecule has 5 nitrogen and oxygen atoms in total. The van der Waals surface area contributed by atoms with Crippen molar-refractivity contribution in [2.24, 2.45) is 5.92 Å². The lowest BCUT2D eigenvalue weighted by Gasteiger charge is -2.17. The average Bonchev–Trinajstić information content (AvgIpc) is 2.97. The van der Waals surface area contributed by atoms with Gasteiger partial charge in [0, 0.05) is 34.9 Å². The third kappa shape index (κ3) is 3.88. The van der Waals surface area contributed by atoms with Gasteiger partial charge in [-0.25, -0.2) is 0 Å². The molecule has 0 spiro atoms. The summed E-state index contributed by atoms with van der Waals surface area (Å²) >= 11 is 5.91. The first kappa shape index (κ1) is 17.2. The molecule has 128 valence electrons. The summed E-state index contributed by atoms with van der Waals surface area (Å²) in [4.78, 5) is 37.8. The number of Topliss-reactive ketones (excluding diaryl/α,β-unsaturated/α-hetero) is 1. The van der Waals surface area contributed by atoms with Crippen molar-refractivity contribution in [1.82, 2.24) is 0 Å². The number of carbonyl (C=O) groups is 3. The Kier molecular flexibility index (Phi) is 4.86. The number of amides is 2. The van der Waals surface area contributed by atoms with Gasteiger partial charge in [0.25, 0.3) is 0 Å². The summed E-state index contributed by atoms with van der Waals surface area (Å²) < 4.78 is 0. The van der Waals surface area contributed by atoms with E-state index in [0.717, 1.165) is 0 Å². The van der Waals surface area contributed by atoms with Crippen LogP contribution in [0.4, 0.5) is 11.4 Å². The van der Waals surface area contributed by atoms with Crippen LogP contribution >= 0.6 is 11.6 Å². The van der Waals surface area contributed by atoms with Crippen LogP contribution in [0.2, 0.25) is 5.02 Å². The smallest absolute Gasteiger partial charge is 0.229 e. The molecule has 1 N–H and O–H groups in total. The Morgan fingerprint density at radius 3 is 2.64 bits per heavy atom. The first-order valence-corrected chi connectivity index (χ1v) is 8.29. The molecule has 6 heteroatoms. The summed E-state index contributed by atoms with van der Waals surface area (Å²) in [6.45, 7) is 1.76. The molecule has 1 aliphatic rings. The highest BCUT2D eigenvalue weighted by Gasteiger charge is 2.35. The zero-order chi connectivity index (χ0) is 18.0. The van der Waals surface area contributed by atoms with Gasteiger partial charge in [0.1, 0.15) is 0 Å². The highest BCUT2D eigenvalue weighted by molar-refractivity contribution is 6.30. The van der Waals surface area contributed by atoms with Gasteiger partial charge in [-0.1, -0.05) is 29.8 Å². The quantitative estimate of drug-likeness (QED) is 0.852. The van der Waals surface area contributed by atoms with E-state index in [1.165, 1.54) is 6.92 Å². The topological polar surface area (TPSA) is 66.5 Å². The van der Waals surface area contributed by atoms with Crippen molar-refractivity contribution in [3.05, 3.63) is 59.1 Å². The van der Waals surface area contributed by atoms with Crippen LogP contribution < -0.4 is 10.2 Å². The molecule has 2 amide bonds. The van der Waals surface area contributed by atoms with E-state index in [9.17, 15) is 14.4 Å². The second-order valence-corrected chi connectivity index (χ2v) is 6.45. The van der Waals surface area contributed by atoms with E-state index < -0.39 is 5.92 Å². The minimum Gasteiger partial charge on any atom is -0.326 e. The monoisotopic (exact) mass is 356 g/mol. The van der Waals surface area contributed by atoms with Crippen molar-refractivity contribution in [2.45, 2.75) is 13.3 Å². The first-order chi connectivity index (χ1) is 11.9. The van der Waals surface area contributed by atoms with Crippen LogP contribution in [-0.4, -0.2) is 24.1 Å². The zero-order valence-corrected chi connectivity index (χ0v) is 14.4. The zero-order valence-electron chi connectivity index (χ0n) is 13.7. The van der Waals surface area contributed by atoms with E-state index in [1.54, 1.807) is 53.4 Å². The molecule has 2 aromatic carbocycles. The maximum absolute atomic E-state index is 12.4. The Hall–Kier alpha value is -2.66. The van der Waals surface area contributed by atoms with Crippen molar-refractivity contribution in [1.29, 1.82) is 0 Å². The Bertz CT molecular complexity index is 850. The Morgan fingerprint density at radius 2 is 1.92 bits per heavy atom. The minimum atomic E-state index is -0.451. The van der Waals surface area contributed by atoms with Crippen LogP contribution in [-0.2, 0) is 9.59 Å². The molecule has 0 aliphatic carbocycles. The molecule has 0 bridgehead atoms. The summed E-state index contributed by atoms with van der Waals surface area (Å²) in [6, 6.07) is 13.8.